The van der Waals surface area contributed by atoms with Crippen LogP contribution in [0.25, 0.3) is 0 Å². The van der Waals surface area contributed by atoms with Crippen LogP contribution in [0.4, 0.5) is 0 Å². The normalized spacial score (nSPS) is 10.2. The molecular weight excluding hydrogens is 276 g/mol. The molecule has 0 bridgehead atoms. The second kappa shape index (κ2) is 6.43. The number of hydrazine groups is 1. The SMILES string of the molecule is Cc1ccc(C(=O)NNC(=O)c2ccc(C)cc2C)c(C)c1. The first kappa shape index (κ1) is 15.8. The van der Waals surface area contributed by atoms with E-state index >= 15 is 0 Å². The van der Waals surface area contributed by atoms with Gasteiger partial charge < -0.3 is 0 Å². The smallest absolute Gasteiger partial charge is 0.267 e. The molecule has 0 aromatic heterocycles. The molecule has 0 fully saturated rings. The first-order valence-corrected chi connectivity index (χ1v) is 7.13. The predicted molar refractivity (Wildman–Crippen MR) is 86.8 cm³/mol. The van der Waals surface area contributed by atoms with E-state index in [9.17, 15) is 9.59 Å². The van der Waals surface area contributed by atoms with Crippen molar-refractivity contribution in [3.8, 4) is 0 Å². The second-order valence-corrected chi connectivity index (χ2v) is 5.54. The largest absolute Gasteiger partial charge is 0.269 e. The molecule has 0 saturated carbocycles. The molecule has 0 aliphatic heterocycles. The summed E-state index contributed by atoms with van der Waals surface area (Å²) in [4.78, 5) is 24.3. The van der Waals surface area contributed by atoms with Crippen molar-refractivity contribution in [2.45, 2.75) is 27.7 Å². The van der Waals surface area contributed by atoms with Crippen molar-refractivity contribution in [1.82, 2.24) is 10.9 Å². The Labute approximate surface area is 130 Å². The molecule has 2 aromatic rings. The first-order chi connectivity index (χ1) is 10.4. The number of carbonyl (C=O) groups excluding carboxylic acids is 2. The van der Waals surface area contributed by atoms with E-state index in [2.05, 4.69) is 10.9 Å². The molecule has 0 radical (unpaired) electrons. The van der Waals surface area contributed by atoms with Gasteiger partial charge in [0.1, 0.15) is 0 Å². The summed E-state index contributed by atoms with van der Waals surface area (Å²) >= 11 is 0. The summed E-state index contributed by atoms with van der Waals surface area (Å²) in [6, 6.07) is 11.1. The van der Waals surface area contributed by atoms with Gasteiger partial charge in [-0.05, 0) is 51.0 Å². The van der Waals surface area contributed by atoms with E-state index in [4.69, 9.17) is 0 Å². The van der Waals surface area contributed by atoms with Gasteiger partial charge in [-0.1, -0.05) is 35.4 Å². The van der Waals surface area contributed by atoms with Crippen molar-refractivity contribution in [3.63, 3.8) is 0 Å². The van der Waals surface area contributed by atoms with Crippen molar-refractivity contribution in [2.24, 2.45) is 0 Å². The first-order valence-electron chi connectivity index (χ1n) is 7.13. The fourth-order valence-electron chi connectivity index (χ4n) is 2.38. The van der Waals surface area contributed by atoms with Gasteiger partial charge in [0.05, 0.1) is 0 Å². The monoisotopic (exact) mass is 296 g/mol. The van der Waals surface area contributed by atoms with Gasteiger partial charge >= 0.3 is 0 Å². The van der Waals surface area contributed by atoms with E-state index in [1.165, 1.54) is 0 Å². The number of rotatable bonds is 2. The van der Waals surface area contributed by atoms with Gasteiger partial charge in [0.2, 0.25) is 0 Å². The van der Waals surface area contributed by atoms with Crippen LogP contribution in [-0.4, -0.2) is 11.8 Å². The minimum atomic E-state index is -0.324. The van der Waals surface area contributed by atoms with Crippen molar-refractivity contribution < 1.29 is 9.59 Å². The van der Waals surface area contributed by atoms with Crippen molar-refractivity contribution >= 4 is 11.8 Å². The van der Waals surface area contributed by atoms with Crippen LogP contribution in [0.3, 0.4) is 0 Å². The fourth-order valence-corrected chi connectivity index (χ4v) is 2.38. The van der Waals surface area contributed by atoms with Crippen molar-refractivity contribution in [1.29, 1.82) is 0 Å². The minimum Gasteiger partial charge on any atom is -0.267 e. The van der Waals surface area contributed by atoms with Gasteiger partial charge in [0.25, 0.3) is 11.8 Å². The van der Waals surface area contributed by atoms with Crippen molar-refractivity contribution in [2.75, 3.05) is 0 Å². The third-order valence-electron chi connectivity index (χ3n) is 3.54. The number of benzene rings is 2. The van der Waals surface area contributed by atoms with Crippen LogP contribution in [0.5, 0.6) is 0 Å². The topological polar surface area (TPSA) is 58.2 Å². The summed E-state index contributed by atoms with van der Waals surface area (Å²) in [5, 5.41) is 0. The Kier molecular flexibility index (Phi) is 4.61. The summed E-state index contributed by atoms with van der Waals surface area (Å²) in [6.45, 7) is 7.68. The second-order valence-electron chi connectivity index (χ2n) is 5.54. The molecule has 2 amide bonds. The molecule has 0 aliphatic rings. The summed E-state index contributed by atoms with van der Waals surface area (Å²) in [7, 11) is 0. The quantitative estimate of drug-likeness (QED) is 0.837. The molecule has 0 aliphatic carbocycles. The van der Waals surface area contributed by atoms with Crippen LogP contribution in [0, 0.1) is 27.7 Å². The van der Waals surface area contributed by atoms with E-state index in [1.54, 1.807) is 12.1 Å². The molecule has 0 heterocycles. The highest BCUT2D eigenvalue weighted by Crippen LogP contribution is 2.11. The molecule has 0 saturated heterocycles. The molecule has 0 unspecified atom stereocenters. The Morgan fingerprint density at radius 2 is 1.05 bits per heavy atom. The standard InChI is InChI=1S/C18H20N2O2/c1-11-5-7-15(13(3)9-11)17(21)19-20-18(22)16-8-6-12(2)10-14(16)4/h5-10H,1-4H3,(H,19,21)(H,20,22). The Hall–Kier alpha value is -2.62. The van der Waals surface area contributed by atoms with E-state index in [0.29, 0.717) is 11.1 Å². The molecule has 4 nitrogen and oxygen atoms in total. The summed E-state index contributed by atoms with van der Waals surface area (Å²) in [6.07, 6.45) is 0. The lowest BCUT2D eigenvalue weighted by Crippen LogP contribution is -2.42. The lowest BCUT2D eigenvalue weighted by atomic mass is 10.1. The van der Waals surface area contributed by atoms with Crippen LogP contribution >= 0.6 is 0 Å². The van der Waals surface area contributed by atoms with Gasteiger partial charge in [-0.3, -0.25) is 20.4 Å². The Morgan fingerprint density at radius 3 is 1.36 bits per heavy atom. The maximum Gasteiger partial charge on any atom is 0.269 e. The molecule has 2 rings (SSSR count). The predicted octanol–water partition coefficient (Wildman–Crippen LogP) is 3.00. The molecule has 2 aromatic carbocycles. The summed E-state index contributed by atoms with van der Waals surface area (Å²) in [5.41, 5.74) is 9.95. The number of amides is 2. The average molecular weight is 296 g/mol. The van der Waals surface area contributed by atoms with Crippen molar-refractivity contribution in [3.05, 3.63) is 69.8 Å². The number of carbonyl (C=O) groups is 2. The maximum absolute atomic E-state index is 12.1. The highest BCUT2D eigenvalue weighted by Gasteiger charge is 2.12. The van der Waals surface area contributed by atoms with E-state index in [0.717, 1.165) is 22.3 Å². The van der Waals surface area contributed by atoms with E-state index in [1.807, 2.05) is 52.0 Å². The lowest BCUT2D eigenvalue weighted by molar-refractivity contribution is 0.0846. The average Bonchev–Trinajstić information content (AvgIpc) is 2.44. The summed E-state index contributed by atoms with van der Waals surface area (Å²) < 4.78 is 0. The van der Waals surface area contributed by atoms with Crippen LogP contribution in [0.1, 0.15) is 43.0 Å². The summed E-state index contributed by atoms with van der Waals surface area (Å²) in [5.74, 6) is -0.647. The van der Waals surface area contributed by atoms with Crippen LogP contribution in [0.2, 0.25) is 0 Å². The molecule has 0 spiro atoms. The number of hydrogen-bond acceptors (Lipinski definition) is 2. The number of hydrogen-bond donors (Lipinski definition) is 2. The molecule has 4 heteroatoms. The zero-order valence-electron chi connectivity index (χ0n) is 13.3. The maximum atomic E-state index is 12.1. The lowest BCUT2D eigenvalue weighted by Gasteiger charge is -2.11. The van der Waals surface area contributed by atoms with Gasteiger partial charge in [-0.15, -0.1) is 0 Å². The molecule has 114 valence electrons. The Balaban J connectivity index is 2.06. The zero-order chi connectivity index (χ0) is 16.3. The fraction of sp³-hybridized carbons (Fsp3) is 0.222. The minimum absolute atomic E-state index is 0.324. The molecule has 22 heavy (non-hydrogen) atoms. The van der Waals surface area contributed by atoms with Gasteiger partial charge in [0.15, 0.2) is 0 Å². The number of aryl methyl sites for hydroxylation is 4. The van der Waals surface area contributed by atoms with E-state index < -0.39 is 0 Å². The van der Waals surface area contributed by atoms with Gasteiger partial charge in [0, 0.05) is 11.1 Å². The molecular formula is C18H20N2O2. The van der Waals surface area contributed by atoms with Gasteiger partial charge in [-0.25, -0.2) is 0 Å². The molecule has 0 atom stereocenters. The number of nitrogens with one attached hydrogen (secondary N) is 2. The van der Waals surface area contributed by atoms with Crippen LogP contribution in [-0.2, 0) is 0 Å². The Bertz CT molecular complexity index is 672. The van der Waals surface area contributed by atoms with Gasteiger partial charge in [-0.2, -0.15) is 0 Å². The van der Waals surface area contributed by atoms with Crippen LogP contribution in [0.15, 0.2) is 36.4 Å². The zero-order valence-corrected chi connectivity index (χ0v) is 13.3. The third-order valence-corrected chi connectivity index (χ3v) is 3.54. The Morgan fingerprint density at radius 1 is 0.682 bits per heavy atom. The third kappa shape index (κ3) is 3.52. The van der Waals surface area contributed by atoms with E-state index in [-0.39, 0.29) is 11.8 Å². The highest BCUT2D eigenvalue weighted by molar-refractivity contribution is 6.00. The highest BCUT2D eigenvalue weighted by atomic mass is 16.2. The van der Waals surface area contributed by atoms with Crippen LogP contribution < -0.4 is 10.9 Å². The molecule has 2 N–H and O–H groups in total.